The van der Waals surface area contributed by atoms with Crippen molar-refractivity contribution in [3.05, 3.63) is 39.7 Å². The minimum atomic E-state index is -2.80. The third-order valence-corrected chi connectivity index (χ3v) is 9.68. The highest BCUT2D eigenvalue weighted by Crippen LogP contribution is 2.46. The molecule has 4 atom stereocenters. The highest BCUT2D eigenvalue weighted by Gasteiger charge is 2.50. The summed E-state index contributed by atoms with van der Waals surface area (Å²) in [6, 6.07) is 2.64. The molecule has 1 aromatic carbocycles. The van der Waals surface area contributed by atoms with E-state index in [1.54, 1.807) is 28.9 Å². The van der Waals surface area contributed by atoms with Crippen LogP contribution in [0.15, 0.2) is 12.1 Å². The standard InChI is InChI=1S/C29H36ClF2N5O5/c1-16-9-12-36(26(16)38)14-21-23-17(10-13-37(21)27(39)18-6-4-5-11-29(18,2)28(40)41)19(30)7-8-22(23)42-15-20-24(25(31)32)35(3)34-33-20/h7-8,16,18,21,25H,4-6,9-15H2,1-3H3,(H,40,41)/t16?,18?,21-,29-/m1/s1. The second-order valence-corrected chi connectivity index (χ2v) is 12.3. The second kappa shape index (κ2) is 11.8. The summed E-state index contributed by atoms with van der Waals surface area (Å²) in [6.45, 7) is 4.22. The van der Waals surface area contributed by atoms with Crippen LogP contribution in [0.25, 0.3) is 0 Å². The molecule has 228 valence electrons. The number of hydrogen-bond donors (Lipinski definition) is 1. The number of carboxylic acids is 1. The van der Waals surface area contributed by atoms with Gasteiger partial charge in [-0.25, -0.2) is 13.5 Å². The Balaban J connectivity index is 1.54. The van der Waals surface area contributed by atoms with Gasteiger partial charge < -0.3 is 19.6 Å². The molecule has 1 N–H and O–H groups in total. The molecule has 3 aliphatic rings. The van der Waals surface area contributed by atoms with Crippen LogP contribution >= 0.6 is 11.6 Å². The van der Waals surface area contributed by atoms with E-state index in [0.29, 0.717) is 55.1 Å². The molecule has 2 fully saturated rings. The fourth-order valence-corrected chi connectivity index (χ4v) is 7.01. The molecule has 1 aliphatic carbocycles. The van der Waals surface area contributed by atoms with Gasteiger partial charge in [-0.2, -0.15) is 0 Å². The number of likely N-dealkylation sites (tertiary alicyclic amines) is 1. The number of carboxylic acid groups (broad SMARTS) is 1. The molecule has 5 rings (SSSR count). The van der Waals surface area contributed by atoms with Gasteiger partial charge >= 0.3 is 5.97 Å². The SMILES string of the molecule is CC1CCN(C[C@@H]2c3c(OCc4nnn(C)c4C(F)F)ccc(Cl)c3CCN2C(=O)C2CCCC[C@@]2(C)C(=O)O)C1=O. The van der Waals surface area contributed by atoms with Crippen molar-refractivity contribution < 1.29 is 33.0 Å². The average molecular weight is 608 g/mol. The summed E-state index contributed by atoms with van der Waals surface area (Å²) in [7, 11) is 1.38. The van der Waals surface area contributed by atoms with E-state index in [2.05, 4.69) is 10.3 Å². The number of carbonyl (C=O) groups excluding carboxylic acids is 2. The lowest BCUT2D eigenvalue weighted by molar-refractivity contribution is -0.162. The minimum absolute atomic E-state index is 0.0144. The van der Waals surface area contributed by atoms with Crippen LogP contribution in [0.4, 0.5) is 8.78 Å². The van der Waals surface area contributed by atoms with E-state index < -0.39 is 29.8 Å². The van der Waals surface area contributed by atoms with Gasteiger partial charge in [0.1, 0.15) is 23.7 Å². The Morgan fingerprint density at radius 3 is 2.67 bits per heavy atom. The molecule has 2 aliphatic heterocycles. The number of aryl methyl sites for hydroxylation is 1. The number of nitrogens with zero attached hydrogens (tertiary/aromatic N) is 5. The van der Waals surface area contributed by atoms with Crippen LogP contribution in [0.3, 0.4) is 0 Å². The molecule has 10 nitrogen and oxygen atoms in total. The first-order valence-corrected chi connectivity index (χ1v) is 14.7. The van der Waals surface area contributed by atoms with Crippen molar-refractivity contribution in [2.75, 3.05) is 19.6 Å². The van der Waals surface area contributed by atoms with E-state index in [0.717, 1.165) is 23.1 Å². The summed E-state index contributed by atoms with van der Waals surface area (Å²) in [5.74, 6) is -1.82. The largest absolute Gasteiger partial charge is 0.487 e. The molecule has 1 saturated carbocycles. The zero-order valence-corrected chi connectivity index (χ0v) is 24.7. The maximum atomic E-state index is 14.3. The molecule has 2 unspecified atom stereocenters. The van der Waals surface area contributed by atoms with Crippen molar-refractivity contribution in [2.45, 2.75) is 71.4 Å². The van der Waals surface area contributed by atoms with Crippen molar-refractivity contribution in [1.29, 1.82) is 0 Å². The molecule has 0 bridgehead atoms. The molecule has 13 heteroatoms. The lowest BCUT2D eigenvalue weighted by Gasteiger charge is -2.45. The molecule has 3 heterocycles. The average Bonchev–Trinajstić information content (AvgIpc) is 3.49. The van der Waals surface area contributed by atoms with Gasteiger partial charge in [-0.15, -0.1) is 5.10 Å². The number of aromatic nitrogens is 3. The number of aliphatic carboxylic acids is 1. The number of ether oxygens (including phenoxy) is 1. The molecule has 1 saturated heterocycles. The molecule has 1 aromatic heterocycles. The number of hydrogen-bond acceptors (Lipinski definition) is 6. The molecule has 2 amide bonds. The molecule has 0 spiro atoms. The first-order chi connectivity index (χ1) is 19.9. The van der Waals surface area contributed by atoms with Gasteiger partial charge in [0, 0.05) is 43.2 Å². The van der Waals surface area contributed by atoms with Crippen molar-refractivity contribution >= 4 is 29.4 Å². The van der Waals surface area contributed by atoms with Gasteiger partial charge in [0.15, 0.2) is 0 Å². The van der Waals surface area contributed by atoms with Crippen LogP contribution in [0.2, 0.25) is 5.02 Å². The Bertz CT molecular complexity index is 1390. The van der Waals surface area contributed by atoms with Crippen LogP contribution < -0.4 is 4.74 Å². The molecular weight excluding hydrogens is 572 g/mol. The molecule has 2 aromatic rings. The highest BCUT2D eigenvalue weighted by atomic mass is 35.5. The first-order valence-electron chi connectivity index (χ1n) is 14.4. The number of benzene rings is 1. The quantitative estimate of drug-likeness (QED) is 0.467. The fraction of sp³-hybridized carbons (Fsp3) is 0.621. The Morgan fingerprint density at radius 1 is 1.24 bits per heavy atom. The number of fused-ring (bicyclic) bond motifs is 1. The topological polar surface area (TPSA) is 118 Å². The summed E-state index contributed by atoms with van der Waals surface area (Å²) < 4.78 is 34.5. The van der Waals surface area contributed by atoms with Crippen LogP contribution in [-0.4, -0.2) is 67.3 Å². The molecular formula is C29H36ClF2N5O5. The number of halogens is 3. The van der Waals surface area contributed by atoms with Gasteiger partial charge in [-0.1, -0.05) is 36.6 Å². The Labute approximate surface area is 247 Å². The van der Waals surface area contributed by atoms with Crippen molar-refractivity contribution in [3.8, 4) is 5.75 Å². The van der Waals surface area contributed by atoms with Crippen molar-refractivity contribution in [3.63, 3.8) is 0 Å². The number of amides is 2. The highest BCUT2D eigenvalue weighted by molar-refractivity contribution is 6.31. The van der Waals surface area contributed by atoms with Gasteiger partial charge in [-0.3, -0.25) is 14.4 Å². The summed E-state index contributed by atoms with van der Waals surface area (Å²) in [4.78, 5) is 43.1. The van der Waals surface area contributed by atoms with E-state index in [1.807, 2.05) is 6.92 Å². The van der Waals surface area contributed by atoms with Crippen LogP contribution in [-0.2, 0) is 34.5 Å². The van der Waals surface area contributed by atoms with Gasteiger partial charge in [0.2, 0.25) is 11.8 Å². The third-order valence-electron chi connectivity index (χ3n) is 9.32. The summed E-state index contributed by atoms with van der Waals surface area (Å²) in [6.07, 6.45) is 0.623. The van der Waals surface area contributed by atoms with Gasteiger partial charge in [0.05, 0.1) is 17.4 Å². The van der Waals surface area contributed by atoms with E-state index in [9.17, 15) is 28.3 Å². The Kier molecular flexibility index (Phi) is 8.46. The number of rotatable bonds is 8. The van der Waals surface area contributed by atoms with E-state index in [1.165, 1.54) is 7.05 Å². The molecule has 0 radical (unpaired) electrons. The maximum absolute atomic E-state index is 14.3. The van der Waals surface area contributed by atoms with E-state index >= 15 is 0 Å². The molecule has 42 heavy (non-hydrogen) atoms. The summed E-state index contributed by atoms with van der Waals surface area (Å²) >= 11 is 6.66. The van der Waals surface area contributed by atoms with Crippen molar-refractivity contribution in [2.24, 2.45) is 24.3 Å². The van der Waals surface area contributed by atoms with Gasteiger partial charge in [0.25, 0.3) is 6.43 Å². The van der Waals surface area contributed by atoms with Crippen LogP contribution in [0.5, 0.6) is 5.75 Å². The first kappa shape index (κ1) is 30.2. The normalized spacial score (nSPS) is 26.1. The van der Waals surface area contributed by atoms with Crippen LogP contribution in [0.1, 0.15) is 80.9 Å². The number of alkyl halides is 2. The fourth-order valence-electron chi connectivity index (χ4n) is 6.75. The van der Waals surface area contributed by atoms with E-state index in [4.69, 9.17) is 16.3 Å². The maximum Gasteiger partial charge on any atom is 0.310 e. The summed E-state index contributed by atoms with van der Waals surface area (Å²) in [5, 5.41) is 18.1. The predicted molar refractivity (Wildman–Crippen MR) is 148 cm³/mol. The smallest absolute Gasteiger partial charge is 0.310 e. The van der Waals surface area contributed by atoms with Gasteiger partial charge in [-0.05, 0) is 50.3 Å². The zero-order valence-electron chi connectivity index (χ0n) is 24.0. The third kappa shape index (κ3) is 5.33. The minimum Gasteiger partial charge on any atom is -0.487 e. The van der Waals surface area contributed by atoms with E-state index in [-0.39, 0.29) is 42.3 Å². The summed E-state index contributed by atoms with van der Waals surface area (Å²) in [5.41, 5.74) is -0.221. The predicted octanol–water partition coefficient (Wildman–Crippen LogP) is 4.56. The van der Waals surface area contributed by atoms with Crippen molar-refractivity contribution in [1.82, 2.24) is 24.8 Å². The monoisotopic (exact) mass is 607 g/mol. The lowest BCUT2D eigenvalue weighted by atomic mass is 9.66. The zero-order chi connectivity index (χ0) is 30.3. The number of carbonyl (C=O) groups is 3. The second-order valence-electron chi connectivity index (χ2n) is 11.9. The van der Waals surface area contributed by atoms with Crippen LogP contribution in [0, 0.1) is 17.3 Å². The Morgan fingerprint density at radius 2 is 2.00 bits per heavy atom. The lowest BCUT2D eigenvalue weighted by Crippen LogP contribution is -2.52. The Hall–Kier alpha value is -3.28.